The number of halogens is 1. The minimum atomic E-state index is 0.478. The van der Waals surface area contributed by atoms with Gasteiger partial charge in [0.15, 0.2) is 0 Å². The molecule has 2 heteroatoms. The molecule has 1 fully saturated rings. The molecule has 2 aromatic rings. The second-order valence-electron chi connectivity index (χ2n) is 5.95. The lowest BCUT2D eigenvalue weighted by molar-refractivity contribution is 0.724. The van der Waals surface area contributed by atoms with E-state index in [1.54, 1.807) is 0 Å². The van der Waals surface area contributed by atoms with Crippen LogP contribution in [-0.4, -0.2) is 4.98 Å². The van der Waals surface area contributed by atoms with E-state index < -0.39 is 0 Å². The van der Waals surface area contributed by atoms with Crippen LogP contribution in [0.25, 0.3) is 10.8 Å². The van der Waals surface area contributed by atoms with Crippen molar-refractivity contribution in [3.63, 3.8) is 0 Å². The van der Waals surface area contributed by atoms with E-state index in [0.29, 0.717) is 11.1 Å². The Kier molecular flexibility index (Phi) is 3.49. The van der Waals surface area contributed by atoms with E-state index in [-0.39, 0.29) is 0 Å². The van der Waals surface area contributed by atoms with Crippen molar-refractivity contribution in [3.8, 4) is 0 Å². The van der Waals surface area contributed by atoms with Crippen molar-refractivity contribution in [2.45, 2.75) is 51.4 Å². The van der Waals surface area contributed by atoms with Crippen LogP contribution in [0.5, 0.6) is 0 Å². The van der Waals surface area contributed by atoms with Gasteiger partial charge in [-0.05, 0) is 41.2 Å². The van der Waals surface area contributed by atoms with Crippen LogP contribution in [0.1, 0.15) is 62.5 Å². The lowest BCUT2D eigenvalue weighted by Crippen LogP contribution is -1.96. The number of hydrogen-bond donors (Lipinski definition) is 0. The van der Waals surface area contributed by atoms with Crippen molar-refractivity contribution in [1.29, 1.82) is 0 Å². The monoisotopic (exact) mass is 273 g/mol. The van der Waals surface area contributed by atoms with E-state index >= 15 is 0 Å². The molecule has 0 aliphatic heterocycles. The van der Waals surface area contributed by atoms with Crippen molar-refractivity contribution in [2.75, 3.05) is 0 Å². The van der Waals surface area contributed by atoms with Crippen LogP contribution < -0.4 is 0 Å². The zero-order valence-corrected chi connectivity index (χ0v) is 12.4. The molecule has 0 spiro atoms. The van der Waals surface area contributed by atoms with Crippen LogP contribution in [0, 0.1) is 0 Å². The SMILES string of the molecule is CC(C)c1cnc(Cl)c2ccc(C3CCCC3)cc12. The summed E-state index contributed by atoms with van der Waals surface area (Å²) in [6.07, 6.45) is 7.35. The van der Waals surface area contributed by atoms with E-state index in [0.717, 1.165) is 11.3 Å². The Labute approximate surface area is 120 Å². The number of fused-ring (bicyclic) bond motifs is 1. The molecule has 0 amide bonds. The maximum Gasteiger partial charge on any atom is 0.136 e. The summed E-state index contributed by atoms with van der Waals surface area (Å²) in [5, 5.41) is 3.01. The summed E-state index contributed by atoms with van der Waals surface area (Å²) >= 11 is 6.23. The molecule has 1 nitrogen and oxygen atoms in total. The average Bonchev–Trinajstić information content (AvgIpc) is 2.92. The Morgan fingerprint density at radius 2 is 1.89 bits per heavy atom. The zero-order chi connectivity index (χ0) is 13.4. The molecule has 19 heavy (non-hydrogen) atoms. The van der Waals surface area contributed by atoms with Crippen molar-refractivity contribution >= 4 is 22.4 Å². The van der Waals surface area contributed by atoms with Gasteiger partial charge in [0, 0.05) is 11.6 Å². The van der Waals surface area contributed by atoms with Gasteiger partial charge in [0.25, 0.3) is 0 Å². The van der Waals surface area contributed by atoms with Crippen LogP contribution in [0.15, 0.2) is 24.4 Å². The van der Waals surface area contributed by atoms with Gasteiger partial charge < -0.3 is 0 Å². The van der Waals surface area contributed by atoms with Gasteiger partial charge in [-0.15, -0.1) is 0 Å². The van der Waals surface area contributed by atoms with E-state index in [4.69, 9.17) is 11.6 Å². The van der Waals surface area contributed by atoms with E-state index in [9.17, 15) is 0 Å². The van der Waals surface area contributed by atoms with Gasteiger partial charge in [-0.25, -0.2) is 4.98 Å². The topological polar surface area (TPSA) is 12.9 Å². The second-order valence-corrected chi connectivity index (χ2v) is 6.30. The van der Waals surface area contributed by atoms with Crippen LogP contribution in [0.3, 0.4) is 0 Å². The Hall–Kier alpha value is -1.08. The highest BCUT2D eigenvalue weighted by molar-refractivity contribution is 6.34. The molecule has 0 atom stereocenters. The largest absolute Gasteiger partial charge is 0.244 e. The van der Waals surface area contributed by atoms with E-state index in [2.05, 4.69) is 37.0 Å². The minimum absolute atomic E-state index is 0.478. The number of rotatable bonds is 2. The predicted molar refractivity (Wildman–Crippen MR) is 82.1 cm³/mol. The first-order valence-electron chi connectivity index (χ1n) is 7.25. The highest BCUT2D eigenvalue weighted by Crippen LogP contribution is 2.37. The van der Waals surface area contributed by atoms with Crippen LogP contribution in [0.4, 0.5) is 0 Å². The first-order valence-corrected chi connectivity index (χ1v) is 7.62. The number of pyridine rings is 1. The van der Waals surface area contributed by atoms with Gasteiger partial charge in [-0.3, -0.25) is 0 Å². The zero-order valence-electron chi connectivity index (χ0n) is 11.6. The highest BCUT2D eigenvalue weighted by atomic mass is 35.5. The average molecular weight is 274 g/mol. The van der Waals surface area contributed by atoms with E-state index in [1.807, 2.05) is 6.20 Å². The van der Waals surface area contributed by atoms with Crippen LogP contribution in [0.2, 0.25) is 5.15 Å². The molecule has 1 aromatic carbocycles. The van der Waals surface area contributed by atoms with Crippen LogP contribution >= 0.6 is 11.6 Å². The number of aromatic nitrogens is 1. The van der Waals surface area contributed by atoms with Gasteiger partial charge >= 0.3 is 0 Å². The molecule has 0 bridgehead atoms. The third-order valence-electron chi connectivity index (χ3n) is 4.34. The van der Waals surface area contributed by atoms with Gasteiger partial charge in [0.2, 0.25) is 0 Å². The van der Waals surface area contributed by atoms with Gasteiger partial charge in [-0.1, -0.05) is 56.5 Å². The molecule has 1 saturated carbocycles. The standard InChI is InChI=1S/C17H20ClN/c1-11(2)16-10-19-17(18)14-8-7-13(9-15(14)16)12-5-3-4-6-12/h7-12H,3-6H2,1-2H3. The molecule has 1 heterocycles. The predicted octanol–water partition coefficient (Wildman–Crippen LogP) is 5.67. The summed E-state index contributed by atoms with van der Waals surface area (Å²) < 4.78 is 0. The summed E-state index contributed by atoms with van der Waals surface area (Å²) in [6.45, 7) is 4.43. The van der Waals surface area contributed by atoms with Gasteiger partial charge in [-0.2, -0.15) is 0 Å². The summed E-state index contributed by atoms with van der Waals surface area (Å²) in [6, 6.07) is 6.76. The number of nitrogens with zero attached hydrogens (tertiary/aromatic N) is 1. The minimum Gasteiger partial charge on any atom is -0.244 e. The molecular weight excluding hydrogens is 254 g/mol. The molecule has 1 aliphatic carbocycles. The van der Waals surface area contributed by atoms with Gasteiger partial charge in [0.1, 0.15) is 5.15 Å². The molecular formula is C17H20ClN. The number of hydrogen-bond acceptors (Lipinski definition) is 1. The Morgan fingerprint density at radius 1 is 1.16 bits per heavy atom. The molecule has 0 unspecified atom stereocenters. The van der Waals surface area contributed by atoms with Gasteiger partial charge in [0.05, 0.1) is 0 Å². The first kappa shape index (κ1) is 12.9. The summed E-state index contributed by atoms with van der Waals surface area (Å²) in [5.41, 5.74) is 2.79. The van der Waals surface area contributed by atoms with Crippen molar-refractivity contribution in [1.82, 2.24) is 4.98 Å². The quantitative estimate of drug-likeness (QED) is 0.643. The molecule has 1 aliphatic rings. The van der Waals surface area contributed by atoms with Crippen molar-refractivity contribution in [3.05, 3.63) is 40.7 Å². The lowest BCUT2D eigenvalue weighted by Gasteiger charge is -2.15. The normalized spacial score (nSPS) is 16.6. The van der Waals surface area contributed by atoms with E-state index in [1.165, 1.54) is 42.2 Å². The third kappa shape index (κ3) is 2.36. The fourth-order valence-electron chi connectivity index (χ4n) is 3.22. The summed E-state index contributed by atoms with van der Waals surface area (Å²) in [4.78, 5) is 4.32. The first-order chi connectivity index (χ1) is 9.16. The fraction of sp³-hybridized carbons (Fsp3) is 0.471. The summed E-state index contributed by atoms with van der Waals surface area (Å²) in [5.74, 6) is 1.22. The number of benzene rings is 1. The Balaban J connectivity index is 2.16. The Morgan fingerprint density at radius 3 is 2.58 bits per heavy atom. The molecule has 0 saturated heterocycles. The lowest BCUT2D eigenvalue weighted by atomic mass is 9.92. The third-order valence-corrected chi connectivity index (χ3v) is 4.64. The molecule has 100 valence electrons. The van der Waals surface area contributed by atoms with Crippen molar-refractivity contribution in [2.24, 2.45) is 0 Å². The molecule has 0 radical (unpaired) electrons. The maximum atomic E-state index is 6.23. The second kappa shape index (κ2) is 5.13. The molecule has 3 rings (SSSR count). The smallest absolute Gasteiger partial charge is 0.136 e. The fourth-order valence-corrected chi connectivity index (χ4v) is 3.43. The van der Waals surface area contributed by atoms with Crippen molar-refractivity contribution < 1.29 is 0 Å². The maximum absolute atomic E-state index is 6.23. The molecule has 0 N–H and O–H groups in total. The summed E-state index contributed by atoms with van der Waals surface area (Å²) in [7, 11) is 0. The Bertz CT molecular complexity index is 597. The highest BCUT2D eigenvalue weighted by Gasteiger charge is 2.18. The molecule has 1 aromatic heterocycles. The van der Waals surface area contributed by atoms with Crippen LogP contribution in [-0.2, 0) is 0 Å².